The van der Waals surface area contributed by atoms with E-state index < -0.39 is 34.3 Å². The molecule has 0 heterocycles. The van der Waals surface area contributed by atoms with Crippen LogP contribution in [0.4, 0.5) is 5.69 Å². The van der Waals surface area contributed by atoms with Crippen molar-refractivity contribution < 1.29 is 24.4 Å². The van der Waals surface area contributed by atoms with Crippen LogP contribution < -0.4 is 0 Å². The molecule has 7 nitrogen and oxygen atoms in total. The average molecular weight is 335 g/mol. The van der Waals surface area contributed by atoms with E-state index in [9.17, 15) is 24.8 Å². The van der Waals surface area contributed by atoms with Crippen LogP contribution in [0.2, 0.25) is 0 Å². The molecule has 130 valence electrons. The molecule has 1 aromatic carbocycles. The molecule has 1 unspecified atom stereocenters. The fourth-order valence-electron chi connectivity index (χ4n) is 3.10. The molecular formula is C17H21NO6. The van der Waals surface area contributed by atoms with E-state index >= 15 is 0 Å². The molecule has 0 saturated heterocycles. The van der Waals surface area contributed by atoms with Crippen molar-refractivity contribution in [3.8, 4) is 0 Å². The largest absolute Gasteiger partial charge is 0.481 e. The third-order valence-corrected chi connectivity index (χ3v) is 4.15. The van der Waals surface area contributed by atoms with Crippen molar-refractivity contribution >= 4 is 17.6 Å². The van der Waals surface area contributed by atoms with Crippen molar-refractivity contribution in [1.82, 2.24) is 0 Å². The van der Waals surface area contributed by atoms with Gasteiger partial charge < -0.3 is 9.84 Å². The summed E-state index contributed by atoms with van der Waals surface area (Å²) < 4.78 is 5.36. The number of hydrogen-bond acceptors (Lipinski definition) is 5. The molecular weight excluding hydrogens is 314 g/mol. The highest BCUT2D eigenvalue weighted by Gasteiger charge is 2.43. The lowest BCUT2D eigenvalue weighted by atomic mass is 9.89. The molecule has 0 aliphatic heterocycles. The number of non-ortho nitro benzene ring substituents is 1. The van der Waals surface area contributed by atoms with Gasteiger partial charge in [-0.15, -0.1) is 0 Å². The molecule has 2 rings (SSSR count). The molecule has 1 aliphatic rings. The second-order valence-corrected chi connectivity index (χ2v) is 7.10. The van der Waals surface area contributed by atoms with Crippen LogP contribution in [0.25, 0.3) is 0 Å². The lowest BCUT2D eigenvalue weighted by Crippen LogP contribution is -2.28. The average Bonchev–Trinajstić information content (AvgIpc) is 2.91. The molecule has 0 radical (unpaired) electrons. The smallest absolute Gasteiger partial charge is 0.309 e. The number of aliphatic carboxylic acids is 1. The van der Waals surface area contributed by atoms with E-state index in [1.807, 2.05) is 0 Å². The molecule has 3 atom stereocenters. The zero-order valence-corrected chi connectivity index (χ0v) is 13.9. The van der Waals surface area contributed by atoms with Crippen molar-refractivity contribution in [1.29, 1.82) is 0 Å². The molecule has 1 aliphatic carbocycles. The van der Waals surface area contributed by atoms with Gasteiger partial charge in [0.2, 0.25) is 0 Å². The van der Waals surface area contributed by atoms with Gasteiger partial charge in [-0.1, -0.05) is 12.1 Å². The predicted octanol–water partition coefficient (Wildman–Crippen LogP) is 3.13. The van der Waals surface area contributed by atoms with E-state index in [0.717, 1.165) is 0 Å². The summed E-state index contributed by atoms with van der Waals surface area (Å²) in [5, 5.41) is 20.2. The Balaban J connectivity index is 2.20. The van der Waals surface area contributed by atoms with Crippen LogP contribution in [0.1, 0.15) is 45.1 Å². The Hall–Kier alpha value is -2.44. The number of nitrogens with zero attached hydrogens (tertiary/aromatic N) is 1. The first-order valence-corrected chi connectivity index (χ1v) is 7.78. The van der Waals surface area contributed by atoms with Crippen LogP contribution in [0.5, 0.6) is 0 Å². The van der Waals surface area contributed by atoms with E-state index in [4.69, 9.17) is 4.74 Å². The number of carboxylic acids is 1. The Bertz CT molecular complexity index is 646. The summed E-state index contributed by atoms with van der Waals surface area (Å²) >= 11 is 0. The third-order valence-electron chi connectivity index (χ3n) is 4.15. The van der Waals surface area contributed by atoms with Crippen molar-refractivity contribution in [3.05, 3.63) is 39.9 Å². The Morgan fingerprint density at radius 2 is 1.79 bits per heavy atom. The van der Waals surface area contributed by atoms with E-state index in [1.54, 1.807) is 32.9 Å². The lowest BCUT2D eigenvalue weighted by Gasteiger charge is -2.22. The summed E-state index contributed by atoms with van der Waals surface area (Å²) in [4.78, 5) is 34.0. The van der Waals surface area contributed by atoms with Crippen LogP contribution in [0, 0.1) is 22.0 Å². The summed E-state index contributed by atoms with van der Waals surface area (Å²) in [7, 11) is 0. The normalized spacial score (nSPS) is 23.7. The first kappa shape index (κ1) is 17.9. The molecule has 7 heteroatoms. The van der Waals surface area contributed by atoms with Gasteiger partial charge >= 0.3 is 11.9 Å². The number of carbonyl (C=O) groups is 2. The molecule has 1 saturated carbocycles. The van der Waals surface area contributed by atoms with Gasteiger partial charge in [0, 0.05) is 12.1 Å². The predicted molar refractivity (Wildman–Crippen MR) is 85.5 cm³/mol. The first-order chi connectivity index (χ1) is 11.1. The monoisotopic (exact) mass is 335 g/mol. The zero-order chi connectivity index (χ0) is 18.1. The maximum Gasteiger partial charge on any atom is 0.309 e. The summed E-state index contributed by atoms with van der Waals surface area (Å²) in [6.45, 7) is 5.30. The number of nitro groups is 1. The molecule has 0 aromatic heterocycles. The number of benzene rings is 1. The van der Waals surface area contributed by atoms with Crippen LogP contribution in [-0.4, -0.2) is 27.6 Å². The molecule has 1 N–H and O–H groups in total. The summed E-state index contributed by atoms with van der Waals surface area (Å²) in [6, 6.07) is 5.84. The number of nitro benzene ring substituents is 1. The van der Waals surface area contributed by atoms with Gasteiger partial charge in [0.05, 0.1) is 16.8 Å². The minimum Gasteiger partial charge on any atom is -0.481 e. The van der Waals surface area contributed by atoms with Gasteiger partial charge in [-0.05, 0) is 45.1 Å². The van der Waals surface area contributed by atoms with Crippen molar-refractivity contribution in [2.24, 2.45) is 11.8 Å². The van der Waals surface area contributed by atoms with E-state index in [1.165, 1.54) is 12.1 Å². The number of hydrogen-bond donors (Lipinski definition) is 1. The number of carbonyl (C=O) groups excluding carboxylic acids is 1. The second-order valence-electron chi connectivity index (χ2n) is 7.10. The Morgan fingerprint density at radius 1 is 1.21 bits per heavy atom. The third kappa shape index (κ3) is 4.10. The maximum absolute atomic E-state index is 12.2. The standard InChI is InChI=1S/C17H21NO6/c1-17(2,3)24-16(21)11-8-13(14(9-11)15(19)20)10-4-6-12(7-5-10)18(22)23/h4-7,11,13-14H,8-9H2,1-3H3,(H,19,20)/t11?,13-,14+/m1/s1. The Kier molecular flexibility index (Phi) is 4.91. The van der Waals surface area contributed by atoms with Gasteiger partial charge in [-0.25, -0.2) is 0 Å². The zero-order valence-electron chi connectivity index (χ0n) is 13.9. The number of rotatable bonds is 4. The van der Waals surface area contributed by atoms with Gasteiger partial charge in [0.1, 0.15) is 5.60 Å². The Labute approximate surface area is 139 Å². The minimum absolute atomic E-state index is 0.0488. The van der Waals surface area contributed by atoms with Crippen LogP contribution in [-0.2, 0) is 14.3 Å². The summed E-state index contributed by atoms with van der Waals surface area (Å²) in [5.41, 5.74) is 0.0210. The van der Waals surface area contributed by atoms with E-state index in [0.29, 0.717) is 12.0 Å². The van der Waals surface area contributed by atoms with Crippen molar-refractivity contribution in [2.45, 2.75) is 45.1 Å². The highest BCUT2D eigenvalue weighted by molar-refractivity contribution is 5.78. The van der Waals surface area contributed by atoms with Crippen LogP contribution >= 0.6 is 0 Å². The van der Waals surface area contributed by atoms with Crippen molar-refractivity contribution in [3.63, 3.8) is 0 Å². The molecule has 0 amide bonds. The highest BCUT2D eigenvalue weighted by Crippen LogP contribution is 2.44. The van der Waals surface area contributed by atoms with Crippen LogP contribution in [0.3, 0.4) is 0 Å². The Morgan fingerprint density at radius 3 is 2.25 bits per heavy atom. The van der Waals surface area contributed by atoms with Gasteiger partial charge in [-0.3, -0.25) is 19.7 Å². The molecule has 0 bridgehead atoms. The molecule has 1 fully saturated rings. The summed E-state index contributed by atoms with van der Waals surface area (Å²) in [6.07, 6.45) is 0.579. The first-order valence-electron chi connectivity index (χ1n) is 7.78. The molecule has 0 spiro atoms. The van der Waals surface area contributed by atoms with Crippen molar-refractivity contribution in [2.75, 3.05) is 0 Å². The quantitative estimate of drug-likeness (QED) is 0.514. The maximum atomic E-state index is 12.2. The topological polar surface area (TPSA) is 107 Å². The van der Waals surface area contributed by atoms with E-state index in [2.05, 4.69) is 0 Å². The molecule has 24 heavy (non-hydrogen) atoms. The van der Waals surface area contributed by atoms with Gasteiger partial charge in [0.15, 0.2) is 0 Å². The van der Waals surface area contributed by atoms with Crippen LogP contribution in [0.15, 0.2) is 24.3 Å². The highest BCUT2D eigenvalue weighted by atomic mass is 16.6. The fourth-order valence-corrected chi connectivity index (χ4v) is 3.10. The lowest BCUT2D eigenvalue weighted by molar-refractivity contribution is -0.384. The summed E-state index contributed by atoms with van der Waals surface area (Å²) in [5.74, 6) is -2.90. The van der Waals surface area contributed by atoms with Gasteiger partial charge in [0.25, 0.3) is 5.69 Å². The minimum atomic E-state index is -0.968. The SMILES string of the molecule is CC(C)(C)OC(=O)C1C[C@H](C(=O)O)[C@@H](c2ccc([N+](=O)[O-])cc2)C1. The number of carboxylic acid groups (broad SMARTS) is 1. The second kappa shape index (κ2) is 6.59. The molecule has 1 aromatic rings. The van der Waals surface area contributed by atoms with Gasteiger partial charge in [-0.2, -0.15) is 0 Å². The fraction of sp³-hybridized carbons (Fsp3) is 0.529. The number of esters is 1. The van der Waals surface area contributed by atoms with E-state index in [-0.39, 0.29) is 18.0 Å². The number of ether oxygens (including phenoxy) is 1.